The van der Waals surface area contributed by atoms with Crippen LogP contribution >= 0.6 is 11.8 Å². The molecular weight excluding hydrogens is 334 g/mol. The van der Waals surface area contributed by atoms with Gasteiger partial charge in [-0.2, -0.15) is 0 Å². The highest BCUT2D eigenvalue weighted by molar-refractivity contribution is 8.06. The van der Waals surface area contributed by atoms with Crippen LogP contribution in [0.5, 0.6) is 0 Å². The predicted molar refractivity (Wildman–Crippen MR) is 108 cm³/mol. The summed E-state index contributed by atoms with van der Waals surface area (Å²) in [4.78, 5) is 19.1. The summed E-state index contributed by atoms with van der Waals surface area (Å²) in [5.41, 5.74) is 7.25. The number of pyridine rings is 1. The van der Waals surface area contributed by atoms with Gasteiger partial charge in [0.05, 0.1) is 5.71 Å². The average Bonchev–Trinajstić information content (AvgIpc) is 2.61. The van der Waals surface area contributed by atoms with Gasteiger partial charge in [-0.15, -0.1) is 0 Å². The number of aliphatic imine (C=N–C) groups is 1. The van der Waals surface area contributed by atoms with Gasteiger partial charge in [0, 0.05) is 37.2 Å². The van der Waals surface area contributed by atoms with Crippen LogP contribution in [0.15, 0.2) is 63.2 Å². The number of aromatic nitrogens is 1. The zero-order valence-electron chi connectivity index (χ0n) is 14.6. The lowest BCUT2D eigenvalue weighted by Gasteiger charge is -2.07. The van der Waals surface area contributed by atoms with Crippen molar-refractivity contribution in [2.24, 2.45) is 4.99 Å². The van der Waals surface area contributed by atoms with Crippen molar-refractivity contribution in [1.29, 1.82) is 5.41 Å². The van der Waals surface area contributed by atoms with Gasteiger partial charge >= 0.3 is 0 Å². The number of amidine groups is 1. The Morgan fingerprint density at radius 1 is 1.48 bits per heavy atom. The van der Waals surface area contributed by atoms with E-state index < -0.39 is 0 Å². The minimum atomic E-state index is -0.104. The summed E-state index contributed by atoms with van der Waals surface area (Å²) in [6.45, 7) is 6.18. The van der Waals surface area contributed by atoms with Crippen molar-refractivity contribution in [3.63, 3.8) is 0 Å². The van der Waals surface area contributed by atoms with Crippen molar-refractivity contribution >= 4 is 23.3 Å². The molecule has 1 aromatic heterocycles. The largest absolute Gasteiger partial charge is 0.329 e. The quantitative estimate of drug-likeness (QED) is 0.294. The van der Waals surface area contributed by atoms with E-state index in [0.717, 1.165) is 22.7 Å². The van der Waals surface area contributed by atoms with Gasteiger partial charge in [0.25, 0.3) is 0 Å². The maximum absolute atomic E-state index is 11.0. The number of hydrogen-bond acceptors (Lipinski definition) is 5. The van der Waals surface area contributed by atoms with Crippen LogP contribution in [0.1, 0.15) is 18.9 Å². The summed E-state index contributed by atoms with van der Waals surface area (Å²) in [7, 11) is 1.78. The predicted octanol–water partition coefficient (Wildman–Crippen LogP) is 2.79. The van der Waals surface area contributed by atoms with E-state index in [-0.39, 0.29) is 5.56 Å². The Balaban J connectivity index is 2.58. The van der Waals surface area contributed by atoms with Crippen LogP contribution in [0.4, 0.5) is 0 Å². The van der Waals surface area contributed by atoms with Gasteiger partial charge in [-0.05, 0) is 30.4 Å². The van der Waals surface area contributed by atoms with Crippen molar-refractivity contribution in [3.05, 3.63) is 69.4 Å². The molecule has 0 atom stereocenters. The van der Waals surface area contributed by atoms with Crippen LogP contribution in [0, 0.1) is 5.41 Å². The fraction of sp³-hybridized carbons (Fsp3) is 0.278. The van der Waals surface area contributed by atoms with E-state index in [1.165, 1.54) is 17.8 Å². The maximum Gasteiger partial charge on any atom is 0.247 e. The van der Waals surface area contributed by atoms with Gasteiger partial charge in [0.2, 0.25) is 5.56 Å². The highest BCUT2D eigenvalue weighted by Crippen LogP contribution is 2.17. The van der Waals surface area contributed by atoms with E-state index in [2.05, 4.69) is 27.4 Å². The van der Waals surface area contributed by atoms with Gasteiger partial charge in [-0.1, -0.05) is 36.6 Å². The number of H-pyrrole nitrogens is 1. The molecule has 0 aliphatic heterocycles. The van der Waals surface area contributed by atoms with E-state index in [0.29, 0.717) is 18.7 Å². The number of nitrogens with zero attached hydrogens (tertiary/aromatic N) is 1. The number of hydrogen-bond donors (Lipinski definition) is 4. The monoisotopic (exact) mass is 359 g/mol. The summed E-state index contributed by atoms with van der Waals surface area (Å²) < 4.78 is 0. The Morgan fingerprint density at radius 3 is 2.88 bits per heavy atom. The van der Waals surface area contributed by atoms with Gasteiger partial charge in [0.1, 0.15) is 5.84 Å². The third-order valence-corrected chi connectivity index (χ3v) is 4.03. The first-order valence-corrected chi connectivity index (χ1v) is 8.81. The molecule has 0 bridgehead atoms. The van der Waals surface area contributed by atoms with Crippen molar-refractivity contribution in [1.82, 2.24) is 15.8 Å². The van der Waals surface area contributed by atoms with E-state index in [4.69, 9.17) is 5.41 Å². The molecule has 0 amide bonds. The molecular formula is C18H25N5OS. The summed E-state index contributed by atoms with van der Waals surface area (Å²) in [6.07, 6.45) is 8.60. The summed E-state index contributed by atoms with van der Waals surface area (Å²) in [5.74, 6) is 0.786. The Labute approximate surface area is 152 Å². The first-order valence-electron chi connectivity index (χ1n) is 7.93. The number of thioether (sulfide) groups is 1. The SMILES string of the molecule is C=CS/C(=C\C)C(=N)/C=C\CC(=NCCc1ccc(=O)[nH]c1)NNC. The molecule has 1 heterocycles. The maximum atomic E-state index is 11.0. The first-order chi connectivity index (χ1) is 12.1. The third kappa shape index (κ3) is 8.32. The average molecular weight is 359 g/mol. The molecule has 0 aliphatic carbocycles. The summed E-state index contributed by atoms with van der Waals surface area (Å²) in [5, 5.41) is 9.75. The molecule has 0 aliphatic rings. The van der Waals surface area contributed by atoms with Crippen LogP contribution in [0.3, 0.4) is 0 Å². The highest BCUT2D eigenvalue weighted by atomic mass is 32.2. The molecule has 0 saturated heterocycles. The molecule has 7 heteroatoms. The van der Waals surface area contributed by atoms with E-state index in [1.807, 2.05) is 19.1 Å². The lowest BCUT2D eigenvalue weighted by molar-refractivity contribution is 0.751. The van der Waals surface area contributed by atoms with E-state index >= 15 is 0 Å². The molecule has 0 unspecified atom stereocenters. The Morgan fingerprint density at radius 2 is 2.28 bits per heavy atom. The minimum Gasteiger partial charge on any atom is -0.329 e. The summed E-state index contributed by atoms with van der Waals surface area (Å²) >= 11 is 1.43. The highest BCUT2D eigenvalue weighted by Gasteiger charge is 2.00. The fourth-order valence-corrected chi connectivity index (χ4v) is 2.48. The van der Waals surface area contributed by atoms with Gasteiger partial charge in [-0.25, -0.2) is 5.43 Å². The molecule has 0 spiro atoms. The van der Waals surface area contributed by atoms with Crippen molar-refractivity contribution in [2.75, 3.05) is 13.6 Å². The van der Waals surface area contributed by atoms with Crippen molar-refractivity contribution in [3.8, 4) is 0 Å². The van der Waals surface area contributed by atoms with Crippen molar-refractivity contribution in [2.45, 2.75) is 19.8 Å². The molecule has 0 fully saturated rings. The van der Waals surface area contributed by atoms with Crippen LogP contribution in [-0.4, -0.2) is 30.1 Å². The smallest absolute Gasteiger partial charge is 0.247 e. The second-order valence-corrected chi connectivity index (χ2v) is 5.98. The Hall–Kier alpha value is -2.38. The second-order valence-electron chi connectivity index (χ2n) is 4.97. The van der Waals surface area contributed by atoms with Crippen molar-refractivity contribution < 1.29 is 0 Å². The number of hydrazine groups is 1. The third-order valence-electron chi connectivity index (χ3n) is 3.15. The van der Waals surface area contributed by atoms with Gasteiger partial charge in [0.15, 0.2) is 0 Å². The molecule has 0 saturated carbocycles. The number of aromatic amines is 1. The molecule has 0 radical (unpaired) electrons. The zero-order chi connectivity index (χ0) is 18.5. The molecule has 1 rings (SSSR count). The Bertz CT molecular complexity index is 698. The standard InChI is InChI=1S/C18H25N5OS/c1-4-16(25-5-2)15(19)7-6-8-17(23-20-3)21-12-11-14-9-10-18(24)22-13-14/h4-7,9-10,13,19-20H,2,8,11-12H2,1,3H3,(H,21,23)(H,22,24)/b7-6-,16-4-,19-15?. The molecule has 4 N–H and O–H groups in total. The first kappa shape index (κ1) is 20.7. The van der Waals surface area contributed by atoms with Crippen LogP contribution in [0.25, 0.3) is 0 Å². The molecule has 0 aromatic carbocycles. The lowest BCUT2D eigenvalue weighted by Crippen LogP contribution is -2.34. The van der Waals surface area contributed by atoms with Gasteiger partial charge in [-0.3, -0.25) is 15.2 Å². The normalized spacial score (nSPS) is 12.4. The number of nitrogens with one attached hydrogen (secondary N) is 4. The second kappa shape index (κ2) is 12.0. The number of rotatable bonds is 10. The molecule has 134 valence electrons. The lowest BCUT2D eigenvalue weighted by atomic mass is 10.2. The zero-order valence-corrected chi connectivity index (χ0v) is 15.5. The Kier molecular flexibility index (Phi) is 9.96. The van der Waals surface area contributed by atoms with E-state index in [9.17, 15) is 4.79 Å². The molecule has 25 heavy (non-hydrogen) atoms. The fourth-order valence-electron chi connectivity index (χ4n) is 1.96. The molecule has 6 nitrogen and oxygen atoms in total. The van der Waals surface area contributed by atoms with Crippen LogP contribution in [-0.2, 0) is 6.42 Å². The van der Waals surface area contributed by atoms with E-state index in [1.54, 1.807) is 30.8 Å². The number of allylic oxidation sites excluding steroid dienone is 3. The van der Waals surface area contributed by atoms with Crippen LogP contribution < -0.4 is 16.4 Å². The van der Waals surface area contributed by atoms with Gasteiger partial charge < -0.3 is 10.4 Å². The summed E-state index contributed by atoms with van der Waals surface area (Å²) in [6, 6.07) is 3.32. The topological polar surface area (TPSA) is 93.1 Å². The van der Waals surface area contributed by atoms with Crippen LogP contribution in [0.2, 0.25) is 0 Å². The molecule has 1 aromatic rings. The minimum absolute atomic E-state index is 0.104.